The van der Waals surface area contributed by atoms with E-state index in [0.717, 1.165) is 12.2 Å². The molecule has 3 heteroatoms. The first-order valence-corrected chi connectivity index (χ1v) is 6.50. The van der Waals surface area contributed by atoms with Gasteiger partial charge in [-0.3, -0.25) is 0 Å². The van der Waals surface area contributed by atoms with Crippen molar-refractivity contribution in [2.45, 2.75) is 46.1 Å². The van der Waals surface area contributed by atoms with Crippen molar-refractivity contribution in [3.8, 4) is 0 Å². The fraction of sp³-hybridized carbons (Fsp3) is 0.615. The van der Waals surface area contributed by atoms with E-state index in [9.17, 15) is 0 Å². The number of rotatable bonds is 4. The molecule has 1 rings (SSSR count). The van der Waals surface area contributed by atoms with Gasteiger partial charge in [0.25, 0.3) is 0 Å². The minimum Gasteiger partial charge on any atom is -0.306 e. The van der Waals surface area contributed by atoms with E-state index in [1.807, 2.05) is 17.4 Å². The van der Waals surface area contributed by atoms with Crippen molar-refractivity contribution in [3.63, 3.8) is 0 Å². The van der Waals surface area contributed by atoms with E-state index in [1.54, 1.807) is 0 Å². The fourth-order valence-corrected chi connectivity index (χ4v) is 2.63. The molecule has 0 aliphatic carbocycles. The number of aryl methyl sites for hydroxylation is 1. The lowest BCUT2D eigenvalue weighted by molar-refractivity contribution is 0.583. The number of nitrogens with zero attached hydrogens (tertiary/aromatic N) is 1. The molecule has 0 amide bonds. The Morgan fingerprint density at radius 3 is 2.56 bits per heavy atom. The second kappa shape index (κ2) is 5.11. The molecule has 1 atom stereocenters. The van der Waals surface area contributed by atoms with Crippen LogP contribution in [0.25, 0.3) is 0 Å². The lowest BCUT2D eigenvalue weighted by atomic mass is 9.98. The molecule has 90 valence electrons. The zero-order valence-corrected chi connectivity index (χ0v) is 11.7. The highest BCUT2D eigenvalue weighted by atomic mass is 32.1. The first-order chi connectivity index (χ1) is 7.36. The molecule has 1 unspecified atom stereocenters. The van der Waals surface area contributed by atoms with Crippen molar-refractivity contribution >= 4 is 11.3 Å². The normalized spacial score (nSPS) is 13.8. The van der Waals surface area contributed by atoms with Gasteiger partial charge in [-0.25, -0.2) is 4.98 Å². The number of hydrogen-bond acceptors (Lipinski definition) is 3. The van der Waals surface area contributed by atoms with Crippen molar-refractivity contribution in [1.82, 2.24) is 10.3 Å². The molecule has 1 N–H and O–H groups in total. The first-order valence-electron chi connectivity index (χ1n) is 5.68. The molecule has 0 fully saturated rings. The van der Waals surface area contributed by atoms with Crippen molar-refractivity contribution in [1.29, 1.82) is 0 Å². The zero-order chi connectivity index (χ0) is 12.3. The Hall–Kier alpha value is -0.670. The summed E-state index contributed by atoms with van der Waals surface area (Å²) in [5, 5.41) is 4.62. The van der Waals surface area contributed by atoms with Crippen molar-refractivity contribution in [2.75, 3.05) is 6.54 Å². The Balaban J connectivity index is 2.89. The molecule has 0 radical (unpaired) electrons. The SMILES string of the molecule is C=CCNC(C)c1sc(C(C)(C)C)nc1C. The lowest BCUT2D eigenvalue weighted by Crippen LogP contribution is -2.18. The Labute approximate surface area is 103 Å². The summed E-state index contributed by atoms with van der Waals surface area (Å²) in [6.07, 6.45) is 1.89. The Morgan fingerprint density at radius 2 is 2.12 bits per heavy atom. The quantitative estimate of drug-likeness (QED) is 0.811. The van der Waals surface area contributed by atoms with Gasteiger partial charge in [-0.05, 0) is 13.8 Å². The van der Waals surface area contributed by atoms with Crippen molar-refractivity contribution in [2.24, 2.45) is 0 Å². The predicted octanol–water partition coefficient (Wildman–Crippen LogP) is 3.59. The molecule has 0 saturated carbocycles. The molecule has 1 heterocycles. The van der Waals surface area contributed by atoms with Gasteiger partial charge in [-0.1, -0.05) is 26.8 Å². The summed E-state index contributed by atoms with van der Waals surface area (Å²) in [4.78, 5) is 6.00. The minimum atomic E-state index is 0.145. The van der Waals surface area contributed by atoms with Crippen LogP contribution in [0.15, 0.2) is 12.7 Å². The molecule has 0 aliphatic rings. The summed E-state index contributed by atoms with van der Waals surface area (Å²) in [5.41, 5.74) is 1.30. The third-order valence-corrected chi connectivity index (χ3v) is 4.20. The lowest BCUT2D eigenvalue weighted by Gasteiger charge is -2.14. The second-order valence-electron chi connectivity index (χ2n) is 5.14. The number of aromatic nitrogens is 1. The number of nitrogens with one attached hydrogen (secondary N) is 1. The maximum Gasteiger partial charge on any atom is 0.0985 e. The molecule has 1 aromatic rings. The van der Waals surface area contributed by atoms with Crippen LogP contribution in [0.4, 0.5) is 0 Å². The molecular formula is C13H22N2S. The van der Waals surface area contributed by atoms with Crippen LogP contribution in [0.1, 0.15) is 49.3 Å². The third-order valence-electron chi connectivity index (χ3n) is 2.44. The highest BCUT2D eigenvalue weighted by molar-refractivity contribution is 7.12. The van der Waals surface area contributed by atoms with Crippen LogP contribution in [0.3, 0.4) is 0 Å². The van der Waals surface area contributed by atoms with E-state index in [2.05, 4.69) is 51.5 Å². The van der Waals surface area contributed by atoms with Crippen molar-refractivity contribution in [3.05, 3.63) is 28.2 Å². The van der Waals surface area contributed by atoms with E-state index >= 15 is 0 Å². The summed E-state index contributed by atoms with van der Waals surface area (Å²) in [6, 6.07) is 0.353. The fourth-order valence-electron chi connectivity index (χ4n) is 1.48. The van der Waals surface area contributed by atoms with Crippen LogP contribution in [0.5, 0.6) is 0 Å². The van der Waals surface area contributed by atoms with Gasteiger partial charge in [0.2, 0.25) is 0 Å². The van der Waals surface area contributed by atoms with Gasteiger partial charge in [0.1, 0.15) is 0 Å². The minimum absolute atomic E-state index is 0.145. The monoisotopic (exact) mass is 238 g/mol. The summed E-state index contributed by atoms with van der Waals surface area (Å²) in [5.74, 6) is 0. The van der Waals surface area contributed by atoms with Gasteiger partial charge >= 0.3 is 0 Å². The molecule has 16 heavy (non-hydrogen) atoms. The van der Waals surface area contributed by atoms with Gasteiger partial charge < -0.3 is 5.32 Å². The highest BCUT2D eigenvalue weighted by Gasteiger charge is 2.21. The maximum atomic E-state index is 4.66. The summed E-state index contributed by atoms with van der Waals surface area (Å²) in [6.45, 7) is 15.4. The Morgan fingerprint density at radius 1 is 1.50 bits per heavy atom. The van der Waals surface area contributed by atoms with Gasteiger partial charge in [0.05, 0.1) is 10.7 Å². The standard InChI is InChI=1S/C13H22N2S/c1-7-8-14-9(2)11-10(3)15-12(16-11)13(4,5)6/h7,9,14H,1,8H2,2-6H3. The predicted molar refractivity (Wildman–Crippen MR) is 72.2 cm³/mol. The third kappa shape index (κ3) is 3.16. The van der Waals surface area contributed by atoms with E-state index < -0.39 is 0 Å². The van der Waals surface area contributed by atoms with Crippen LogP contribution in [-0.4, -0.2) is 11.5 Å². The summed E-state index contributed by atoms with van der Waals surface area (Å²) in [7, 11) is 0. The molecular weight excluding hydrogens is 216 g/mol. The number of hydrogen-bond donors (Lipinski definition) is 1. The molecule has 0 spiro atoms. The van der Waals surface area contributed by atoms with Gasteiger partial charge in [0.15, 0.2) is 0 Å². The van der Waals surface area contributed by atoms with E-state index in [4.69, 9.17) is 0 Å². The van der Waals surface area contributed by atoms with E-state index in [1.165, 1.54) is 9.88 Å². The van der Waals surface area contributed by atoms with E-state index in [-0.39, 0.29) is 5.41 Å². The largest absolute Gasteiger partial charge is 0.306 e. The molecule has 0 aromatic carbocycles. The highest BCUT2D eigenvalue weighted by Crippen LogP contribution is 2.32. The molecule has 0 saturated heterocycles. The average Bonchev–Trinajstić information content (AvgIpc) is 2.56. The second-order valence-corrected chi connectivity index (χ2v) is 6.17. The average molecular weight is 238 g/mol. The van der Waals surface area contributed by atoms with Crippen LogP contribution in [-0.2, 0) is 5.41 Å². The van der Waals surface area contributed by atoms with Crippen LogP contribution >= 0.6 is 11.3 Å². The smallest absolute Gasteiger partial charge is 0.0985 e. The van der Waals surface area contributed by atoms with Crippen LogP contribution in [0, 0.1) is 6.92 Å². The van der Waals surface area contributed by atoms with Crippen LogP contribution in [0.2, 0.25) is 0 Å². The molecule has 0 aliphatic heterocycles. The molecule has 0 bridgehead atoms. The molecule has 1 aromatic heterocycles. The van der Waals surface area contributed by atoms with Crippen LogP contribution < -0.4 is 5.32 Å². The summed E-state index contributed by atoms with van der Waals surface area (Å²) < 4.78 is 0. The van der Waals surface area contributed by atoms with Gasteiger partial charge in [-0.2, -0.15) is 0 Å². The van der Waals surface area contributed by atoms with Gasteiger partial charge in [-0.15, -0.1) is 17.9 Å². The number of thiazole rings is 1. The maximum absolute atomic E-state index is 4.66. The first kappa shape index (κ1) is 13.4. The van der Waals surface area contributed by atoms with Gasteiger partial charge in [0, 0.05) is 22.9 Å². The zero-order valence-electron chi connectivity index (χ0n) is 10.9. The Kier molecular flexibility index (Phi) is 4.28. The molecule has 2 nitrogen and oxygen atoms in total. The van der Waals surface area contributed by atoms with Crippen molar-refractivity contribution < 1.29 is 0 Å². The topological polar surface area (TPSA) is 24.9 Å². The Bertz CT molecular complexity index is 360. The summed E-state index contributed by atoms with van der Waals surface area (Å²) >= 11 is 1.82. The van der Waals surface area contributed by atoms with E-state index in [0.29, 0.717) is 6.04 Å².